The summed E-state index contributed by atoms with van der Waals surface area (Å²) < 4.78 is 13.5. The van der Waals surface area contributed by atoms with Gasteiger partial charge in [0.1, 0.15) is 5.82 Å². The number of likely N-dealkylation sites (N-methyl/N-ethyl adjacent to an activating group) is 1. The highest BCUT2D eigenvalue weighted by Crippen LogP contribution is 2.32. The van der Waals surface area contributed by atoms with Gasteiger partial charge in [-0.05, 0) is 55.6 Å². The fourth-order valence-electron chi connectivity index (χ4n) is 2.48. The molecule has 2 nitrogen and oxygen atoms in total. The Hall–Kier alpha value is -1.23. The molecule has 0 spiro atoms. The van der Waals surface area contributed by atoms with E-state index in [0.29, 0.717) is 6.54 Å². The first-order chi connectivity index (χ1) is 9.54. The van der Waals surface area contributed by atoms with Gasteiger partial charge in [-0.1, -0.05) is 12.1 Å². The zero-order valence-corrected chi connectivity index (χ0v) is 13.0. The SMILES string of the molecule is Cc1ccc(F)cc1C(CN)N(C)C(C)c1cccs1. The van der Waals surface area contributed by atoms with Gasteiger partial charge in [-0.2, -0.15) is 0 Å². The zero-order chi connectivity index (χ0) is 14.7. The molecule has 0 bridgehead atoms. The van der Waals surface area contributed by atoms with Crippen LogP contribution < -0.4 is 5.73 Å². The Labute approximate surface area is 124 Å². The highest BCUT2D eigenvalue weighted by molar-refractivity contribution is 7.10. The predicted molar refractivity (Wildman–Crippen MR) is 83.4 cm³/mol. The van der Waals surface area contributed by atoms with Gasteiger partial charge in [-0.3, -0.25) is 4.90 Å². The van der Waals surface area contributed by atoms with Crippen LogP contribution >= 0.6 is 11.3 Å². The Balaban J connectivity index is 2.29. The van der Waals surface area contributed by atoms with E-state index in [1.54, 1.807) is 17.4 Å². The van der Waals surface area contributed by atoms with Crippen LogP contribution in [-0.2, 0) is 0 Å². The molecule has 0 amide bonds. The lowest BCUT2D eigenvalue weighted by Gasteiger charge is -2.33. The first-order valence-electron chi connectivity index (χ1n) is 6.76. The van der Waals surface area contributed by atoms with E-state index in [2.05, 4.69) is 29.3 Å². The molecule has 0 aliphatic heterocycles. The smallest absolute Gasteiger partial charge is 0.123 e. The molecule has 2 aromatic rings. The number of rotatable bonds is 5. The number of hydrogen-bond acceptors (Lipinski definition) is 3. The lowest BCUT2D eigenvalue weighted by molar-refractivity contribution is 0.192. The highest BCUT2D eigenvalue weighted by atomic mass is 32.1. The van der Waals surface area contributed by atoms with Crippen molar-refractivity contribution in [1.29, 1.82) is 0 Å². The molecule has 0 saturated carbocycles. The van der Waals surface area contributed by atoms with Gasteiger partial charge in [-0.25, -0.2) is 4.39 Å². The molecule has 1 aromatic heterocycles. The molecular formula is C16H21FN2S. The predicted octanol–water partition coefficient (Wildman–Crippen LogP) is 3.89. The molecule has 0 aliphatic carbocycles. The Morgan fingerprint density at radius 1 is 1.35 bits per heavy atom. The van der Waals surface area contributed by atoms with Gasteiger partial charge >= 0.3 is 0 Å². The Morgan fingerprint density at radius 2 is 2.10 bits per heavy atom. The normalized spacial score (nSPS) is 14.5. The summed E-state index contributed by atoms with van der Waals surface area (Å²) in [5.41, 5.74) is 8.00. The second-order valence-corrected chi connectivity index (χ2v) is 6.09. The lowest BCUT2D eigenvalue weighted by Crippen LogP contribution is -2.33. The third-order valence-corrected chi connectivity index (χ3v) is 4.92. The van der Waals surface area contributed by atoms with E-state index < -0.39 is 0 Å². The molecule has 20 heavy (non-hydrogen) atoms. The number of nitrogens with zero attached hydrogens (tertiary/aromatic N) is 1. The fraction of sp³-hybridized carbons (Fsp3) is 0.375. The summed E-state index contributed by atoms with van der Waals surface area (Å²) in [5.74, 6) is -0.207. The average Bonchev–Trinajstić information content (AvgIpc) is 2.96. The molecule has 4 heteroatoms. The minimum Gasteiger partial charge on any atom is -0.329 e. The van der Waals surface area contributed by atoms with Crippen LogP contribution in [0.5, 0.6) is 0 Å². The molecular weight excluding hydrogens is 271 g/mol. The minimum absolute atomic E-state index is 0.0165. The summed E-state index contributed by atoms with van der Waals surface area (Å²) in [6.07, 6.45) is 0. The maximum atomic E-state index is 13.5. The van der Waals surface area contributed by atoms with Crippen molar-refractivity contribution in [1.82, 2.24) is 4.90 Å². The van der Waals surface area contributed by atoms with E-state index in [0.717, 1.165) is 11.1 Å². The fourth-order valence-corrected chi connectivity index (χ4v) is 3.32. The summed E-state index contributed by atoms with van der Waals surface area (Å²) in [6.45, 7) is 4.63. The summed E-state index contributed by atoms with van der Waals surface area (Å²) in [5, 5.41) is 2.07. The molecule has 2 N–H and O–H groups in total. The molecule has 0 aliphatic rings. The lowest BCUT2D eigenvalue weighted by atomic mass is 9.98. The molecule has 2 unspecified atom stereocenters. The summed E-state index contributed by atoms with van der Waals surface area (Å²) >= 11 is 1.73. The Bertz CT molecular complexity index is 554. The van der Waals surface area contributed by atoms with Crippen LogP contribution in [-0.4, -0.2) is 18.5 Å². The van der Waals surface area contributed by atoms with E-state index >= 15 is 0 Å². The third kappa shape index (κ3) is 3.08. The van der Waals surface area contributed by atoms with Crippen LogP contribution in [0.1, 0.15) is 35.0 Å². The minimum atomic E-state index is -0.207. The second-order valence-electron chi connectivity index (χ2n) is 5.11. The van der Waals surface area contributed by atoms with Gasteiger partial charge in [-0.15, -0.1) is 11.3 Å². The number of thiophene rings is 1. The van der Waals surface area contributed by atoms with Crippen LogP contribution in [0.15, 0.2) is 35.7 Å². The van der Waals surface area contributed by atoms with Crippen LogP contribution in [0, 0.1) is 12.7 Å². The quantitative estimate of drug-likeness (QED) is 0.906. The van der Waals surface area contributed by atoms with E-state index in [1.807, 2.05) is 20.0 Å². The van der Waals surface area contributed by atoms with Gasteiger partial charge in [0.15, 0.2) is 0 Å². The molecule has 1 heterocycles. The van der Waals surface area contributed by atoms with Crippen molar-refractivity contribution < 1.29 is 4.39 Å². The van der Waals surface area contributed by atoms with Crippen LogP contribution in [0.3, 0.4) is 0 Å². The zero-order valence-electron chi connectivity index (χ0n) is 12.1. The molecule has 1 aromatic carbocycles. The first-order valence-corrected chi connectivity index (χ1v) is 7.64. The van der Waals surface area contributed by atoms with E-state index in [1.165, 1.54) is 10.9 Å². The van der Waals surface area contributed by atoms with E-state index in [4.69, 9.17) is 5.73 Å². The van der Waals surface area contributed by atoms with Gasteiger partial charge in [0.25, 0.3) is 0 Å². The molecule has 0 fully saturated rings. The molecule has 0 radical (unpaired) electrons. The maximum absolute atomic E-state index is 13.5. The first kappa shape index (κ1) is 15.2. The average molecular weight is 292 g/mol. The van der Waals surface area contributed by atoms with Crippen molar-refractivity contribution in [2.45, 2.75) is 25.9 Å². The molecule has 2 rings (SSSR count). The van der Waals surface area contributed by atoms with Gasteiger partial charge < -0.3 is 5.73 Å². The van der Waals surface area contributed by atoms with Crippen LogP contribution in [0.2, 0.25) is 0 Å². The second kappa shape index (κ2) is 6.48. The van der Waals surface area contributed by atoms with Crippen molar-refractivity contribution in [2.75, 3.05) is 13.6 Å². The summed E-state index contributed by atoms with van der Waals surface area (Å²) in [6, 6.07) is 9.36. The van der Waals surface area contributed by atoms with Gasteiger partial charge in [0.2, 0.25) is 0 Å². The number of aryl methyl sites for hydroxylation is 1. The van der Waals surface area contributed by atoms with Gasteiger partial charge in [0, 0.05) is 23.5 Å². The highest BCUT2D eigenvalue weighted by Gasteiger charge is 2.23. The molecule has 0 saturated heterocycles. The Kier molecular flexibility index (Phi) is 4.91. The summed E-state index contributed by atoms with van der Waals surface area (Å²) in [7, 11) is 2.05. The molecule has 108 valence electrons. The Morgan fingerprint density at radius 3 is 2.70 bits per heavy atom. The van der Waals surface area contributed by atoms with Gasteiger partial charge in [0.05, 0.1) is 0 Å². The largest absolute Gasteiger partial charge is 0.329 e. The van der Waals surface area contributed by atoms with Crippen molar-refractivity contribution in [3.05, 3.63) is 57.5 Å². The van der Waals surface area contributed by atoms with Crippen LogP contribution in [0.25, 0.3) is 0 Å². The third-order valence-electron chi connectivity index (χ3n) is 3.88. The van der Waals surface area contributed by atoms with Crippen LogP contribution in [0.4, 0.5) is 4.39 Å². The van der Waals surface area contributed by atoms with Crippen molar-refractivity contribution in [2.24, 2.45) is 5.73 Å². The van der Waals surface area contributed by atoms with Crippen molar-refractivity contribution in [3.8, 4) is 0 Å². The maximum Gasteiger partial charge on any atom is 0.123 e. The van der Waals surface area contributed by atoms with E-state index in [9.17, 15) is 4.39 Å². The number of benzene rings is 1. The number of halogens is 1. The standard InChI is InChI=1S/C16H21FN2S/c1-11-6-7-13(17)9-14(11)15(10-18)19(3)12(2)16-5-4-8-20-16/h4-9,12,15H,10,18H2,1-3H3. The van der Waals surface area contributed by atoms with Crippen molar-refractivity contribution >= 4 is 11.3 Å². The van der Waals surface area contributed by atoms with E-state index in [-0.39, 0.29) is 17.9 Å². The number of hydrogen-bond donors (Lipinski definition) is 1. The number of nitrogens with two attached hydrogens (primary N) is 1. The van der Waals surface area contributed by atoms with Crippen molar-refractivity contribution in [3.63, 3.8) is 0 Å². The molecule has 2 atom stereocenters. The topological polar surface area (TPSA) is 29.3 Å². The summed E-state index contributed by atoms with van der Waals surface area (Å²) in [4.78, 5) is 3.51. The monoisotopic (exact) mass is 292 g/mol.